The number of rotatable bonds is 3. The van der Waals surface area contributed by atoms with Gasteiger partial charge in [0.25, 0.3) is 11.8 Å². The van der Waals surface area contributed by atoms with Crippen molar-refractivity contribution in [2.75, 3.05) is 14.1 Å². The van der Waals surface area contributed by atoms with Gasteiger partial charge in [0.2, 0.25) is 0 Å². The predicted octanol–water partition coefficient (Wildman–Crippen LogP) is -0.628. The molecule has 0 unspecified atom stereocenters. The summed E-state index contributed by atoms with van der Waals surface area (Å²) in [5.41, 5.74) is -0.694. The van der Waals surface area contributed by atoms with Crippen molar-refractivity contribution in [1.29, 1.82) is 0 Å². The molecule has 0 aliphatic rings. The lowest BCUT2D eigenvalue weighted by molar-refractivity contribution is -0.132. The molecule has 3 N–H and O–H groups in total. The van der Waals surface area contributed by atoms with E-state index in [0.29, 0.717) is 0 Å². The summed E-state index contributed by atoms with van der Waals surface area (Å²) in [6, 6.07) is -1.31. The van der Waals surface area contributed by atoms with Crippen molar-refractivity contribution in [3.63, 3.8) is 0 Å². The number of hydrogen-bond donors (Lipinski definition) is 3. The van der Waals surface area contributed by atoms with Crippen LogP contribution in [0.25, 0.3) is 0 Å². The van der Waals surface area contributed by atoms with Gasteiger partial charge in [-0.1, -0.05) is 0 Å². The molecule has 0 saturated carbocycles. The third kappa shape index (κ3) is 5.74. The van der Waals surface area contributed by atoms with Gasteiger partial charge in [-0.2, -0.15) is 0 Å². The summed E-state index contributed by atoms with van der Waals surface area (Å²) >= 11 is 0. The van der Waals surface area contributed by atoms with Gasteiger partial charge in [0, 0.05) is 14.1 Å². The molecule has 0 rings (SSSR count). The second-order valence-corrected chi connectivity index (χ2v) is 4.31. The van der Waals surface area contributed by atoms with E-state index in [-0.39, 0.29) is 0 Å². The molecule has 98 valence electrons. The van der Waals surface area contributed by atoms with Crippen LogP contribution in [0.4, 0.5) is 4.79 Å². The van der Waals surface area contributed by atoms with Crippen molar-refractivity contribution >= 4 is 17.9 Å². The molecule has 3 amide bonds. The van der Waals surface area contributed by atoms with E-state index in [0.717, 1.165) is 0 Å². The van der Waals surface area contributed by atoms with Gasteiger partial charge >= 0.3 is 6.09 Å². The minimum Gasteiger partial charge on any atom is -0.444 e. The van der Waals surface area contributed by atoms with Crippen LogP contribution in [0.2, 0.25) is 0 Å². The molecule has 17 heavy (non-hydrogen) atoms. The van der Waals surface area contributed by atoms with Crippen LogP contribution in [0.1, 0.15) is 20.8 Å². The standard InChI is InChI=1S/C10H19N3O4/c1-10(2,3)17-9(16)13-6(7(14)11-4)8(15)12-5/h6H,1-5H3,(H,11,14)(H,12,15)(H,13,16). The highest BCUT2D eigenvalue weighted by atomic mass is 16.6. The van der Waals surface area contributed by atoms with Crippen molar-refractivity contribution in [2.24, 2.45) is 0 Å². The summed E-state index contributed by atoms with van der Waals surface area (Å²) < 4.78 is 4.95. The summed E-state index contributed by atoms with van der Waals surface area (Å²) in [7, 11) is 2.74. The lowest BCUT2D eigenvalue weighted by Crippen LogP contribution is -2.54. The summed E-state index contributed by atoms with van der Waals surface area (Å²) in [6.07, 6.45) is -0.824. The third-order valence-corrected chi connectivity index (χ3v) is 1.68. The van der Waals surface area contributed by atoms with Gasteiger partial charge in [-0.05, 0) is 20.8 Å². The van der Waals surface area contributed by atoms with E-state index in [9.17, 15) is 14.4 Å². The normalized spacial score (nSPS) is 10.7. The molecule has 0 saturated heterocycles. The largest absolute Gasteiger partial charge is 0.444 e. The minimum atomic E-state index is -1.31. The lowest BCUT2D eigenvalue weighted by Gasteiger charge is -2.22. The Labute approximate surface area is 100 Å². The van der Waals surface area contributed by atoms with Crippen molar-refractivity contribution in [3.05, 3.63) is 0 Å². The SMILES string of the molecule is CNC(=O)C(NC(=O)OC(C)(C)C)C(=O)NC. The fraction of sp³-hybridized carbons (Fsp3) is 0.700. The Morgan fingerprint density at radius 2 is 1.41 bits per heavy atom. The number of alkyl carbamates (subject to hydrolysis) is 1. The maximum absolute atomic E-state index is 11.4. The van der Waals surface area contributed by atoms with Gasteiger partial charge in [0.05, 0.1) is 0 Å². The number of ether oxygens (including phenoxy) is 1. The van der Waals surface area contributed by atoms with Crippen molar-refractivity contribution in [2.45, 2.75) is 32.4 Å². The van der Waals surface area contributed by atoms with E-state index >= 15 is 0 Å². The molecule has 0 aliphatic carbocycles. The van der Waals surface area contributed by atoms with E-state index in [4.69, 9.17) is 4.74 Å². The zero-order valence-corrected chi connectivity index (χ0v) is 10.7. The van der Waals surface area contributed by atoms with Gasteiger partial charge in [0.1, 0.15) is 5.60 Å². The molecule has 0 fully saturated rings. The molecule has 0 aromatic heterocycles. The first-order valence-electron chi connectivity index (χ1n) is 5.14. The van der Waals surface area contributed by atoms with Crippen LogP contribution in [-0.4, -0.2) is 43.6 Å². The van der Waals surface area contributed by atoms with Crippen molar-refractivity contribution < 1.29 is 19.1 Å². The number of likely N-dealkylation sites (N-methyl/N-ethyl adjacent to an activating group) is 2. The summed E-state index contributed by atoms with van der Waals surface area (Å²) in [5, 5.41) is 6.75. The Hall–Kier alpha value is -1.79. The molecule has 7 nitrogen and oxygen atoms in total. The van der Waals surface area contributed by atoms with Crippen LogP contribution in [0.15, 0.2) is 0 Å². The Kier molecular flexibility index (Phi) is 5.43. The number of hydrogen-bond acceptors (Lipinski definition) is 4. The fourth-order valence-electron chi connectivity index (χ4n) is 0.964. The third-order valence-electron chi connectivity index (χ3n) is 1.68. The van der Waals surface area contributed by atoms with Crippen molar-refractivity contribution in [3.8, 4) is 0 Å². The maximum Gasteiger partial charge on any atom is 0.408 e. The molecule has 0 heterocycles. The molecule has 0 atom stereocenters. The maximum atomic E-state index is 11.4. The average molecular weight is 245 g/mol. The van der Waals surface area contributed by atoms with Gasteiger partial charge in [-0.3, -0.25) is 9.59 Å². The van der Waals surface area contributed by atoms with Gasteiger partial charge in [0.15, 0.2) is 6.04 Å². The lowest BCUT2D eigenvalue weighted by atomic mass is 10.2. The molecule has 0 aromatic carbocycles. The van der Waals surface area contributed by atoms with Crippen LogP contribution in [0.5, 0.6) is 0 Å². The quantitative estimate of drug-likeness (QED) is 0.577. The molecule has 0 aliphatic heterocycles. The second-order valence-electron chi connectivity index (χ2n) is 4.31. The monoisotopic (exact) mass is 245 g/mol. The first kappa shape index (κ1) is 15.2. The van der Waals surface area contributed by atoms with E-state index in [2.05, 4.69) is 16.0 Å². The van der Waals surface area contributed by atoms with E-state index in [1.54, 1.807) is 20.8 Å². The average Bonchev–Trinajstić information content (AvgIpc) is 2.21. The first-order chi connectivity index (χ1) is 7.71. The smallest absolute Gasteiger partial charge is 0.408 e. The number of amides is 3. The number of carbonyl (C=O) groups is 3. The summed E-state index contributed by atoms with van der Waals surface area (Å²) in [4.78, 5) is 34.2. The molecule has 0 spiro atoms. The Balaban J connectivity index is 4.60. The molecule has 0 radical (unpaired) electrons. The van der Waals surface area contributed by atoms with E-state index in [1.807, 2.05) is 0 Å². The molecule has 0 bridgehead atoms. The van der Waals surface area contributed by atoms with E-state index in [1.165, 1.54) is 14.1 Å². The number of nitrogens with one attached hydrogen (secondary N) is 3. The number of carbonyl (C=O) groups excluding carboxylic acids is 3. The van der Waals surface area contributed by atoms with Gasteiger partial charge in [-0.25, -0.2) is 4.79 Å². The first-order valence-corrected chi connectivity index (χ1v) is 5.14. The minimum absolute atomic E-state index is 0.616. The fourth-order valence-corrected chi connectivity index (χ4v) is 0.964. The van der Waals surface area contributed by atoms with Crippen LogP contribution in [0.3, 0.4) is 0 Å². The highest BCUT2D eigenvalue weighted by molar-refractivity contribution is 6.06. The van der Waals surface area contributed by atoms with Crippen LogP contribution in [0, 0.1) is 0 Å². The van der Waals surface area contributed by atoms with Crippen LogP contribution >= 0.6 is 0 Å². The molecular formula is C10H19N3O4. The topological polar surface area (TPSA) is 96.5 Å². The Bertz CT molecular complexity index is 293. The van der Waals surface area contributed by atoms with Crippen molar-refractivity contribution in [1.82, 2.24) is 16.0 Å². The van der Waals surface area contributed by atoms with Gasteiger partial charge < -0.3 is 20.7 Å². The molecule has 7 heteroatoms. The summed E-state index contributed by atoms with van der Waals surface area (Å²) in [5.74, 6) is -1.23. The van der Waals surface area contributed by atoms with Crippen LogP contribution < -0.4 is 16.0 Å². The Morgan fingerprint density at radius 1 is 1.00 bits per heavy atom. The zero-order valence-electron chi connectivity index (χ0n) is 10.7. The molecule has 0 aromatic rings. The second kappa shape index (κ2) is 6.07. The van der Waals surface area contributed by atoms with Gasteiger partial charge in [-0.15, -0.1) is 0 Å². The highest BCUT2D eigenvalue weighted by Gasteiger charge is 2.28. The highest BCUT2D eigenvalue weighted by Crippen LogP contribution is 2.06. The summed E-state index contributed by atoms with van der Waals surface area (Å²) in [6.45, 7) is 5.05. The van der Waals surface area contributed by atoms with E-state index < -0.39 is 29.6 Å². The molecular weight excluding hydrogens is 226 g/mol. The Morgan fingerprint density at radius 3 is 1.71 bits per heavy atom. The van der Waals surface area contributed by atoms with Crippen LogP contribution in [-0.2, 0) is 14.3 Å². The zero-order chi connectivity index (χ0) is 13.6. The predicted molar refractivity (Wildman–Crippen MR) is 61.3 cm³/mol.